The Bertz CT molecular complexity index is 430. The first kappa shape index (κ1) is 9.66. The molecule has 3 rings (SSSR count). The van der Waals surface area contributed by atoms with E-state index in [0.717, 1.165) is 25.3 Å². The van der Waals surface area contributed by atoms with Crippen LogP contribution in [0.1, 0.15) is 11.1 Å². The second kappa shape index (κ2) is 3.79. The Labute approximate surface area is 94.9 Å². The van der Waals surface area contributed by atoms with Crippen LogP contribution in [-0.2, 0) is 6.42 Å². The standard InChI is InChI=1S/C12H15N3O/c1-9-3-2-4-10-7-11(16-12(9)10)14-15-6-5-13-8-15/h2-4,8,11,14H,5-7H2,1H3. The molecular weight excluding hydrogens is 202 g/mol. The number of hydrazine groups is 1. The average molecular weight is 217 g/mol. The summed E-state index contributed by atoms with van der Waals surface area (Å²) in [5, 5.41) is 1.99. The van der Waals surface area contributed by atoms with Crippen molar-refractivity contribution < 1.29 is 4.74 Å². The van der Waals surface area contributed by atoms with Gasteiger partial charge in [0.1, 0.15) is 5.75 Å². The summed E-state index contributed by atoms with van der Waals surface area (Å²) in [4.78, 5) is 4.16. The molecule has 2 aliphatic heterocycles. The second-order valence-corrected chi connectivity index (χ2v) is 4.22. The summed E-state index contributed by atoms with van der Waals surface area (Å²) in [5.74, 6) is 1.04. The fraction of sp³-hybridized carbons (Fsp3) is 0.417. The summed E-state index contributed by atoms with van der Waals surface area (Å²) < 4.78 is 5.89. The van der Waals surface area contributed by atoms with Crippen molar-refractivity contribution in [1.29, 1.82) is 0 Å². The molecule has 4 heteroatoms. The molecule has 0 spiro atoms. The molecule has 1 N–H and O–H groups in total. The van der Waals surface area contributed by atoms with Gasteiger partial charge in [-0.3, -0.25) is 10.0 Å². The lowest BCUT2D eigenvalue weighted by Crippen LogP contribution is -2.45. The van der Waals surface area contributed by atoms with E-state index in [1.54, 1.807) is 0 Å². The lowest BCUT2D eigenvalue weighted by molar-refractivity contribution is 0.121. The number of aryl methyl sites for hydroxylation is 1. The van der Waals surface area contributed by atoms with Crippen LogP contribution in [0.15, 0.2) is 23.2 Å². The maximum atomic E-state index is 5.89. The molecule has 0 aliphatic carbocycles. The van der Waals surface area contributed by atoms with Gasteiger partial charge in [-0.2, -0.15) is 5.43 Å². The Morgan fingerprint density at radius 3 is 3.19 bits per heavy atom. The van der Waals surface area contributed by atoms with Crippen molar-refractivity contribution in [2.24, 2.45) is 4.99 Å². The highest BCUT2D eigenvalue weighted by Gasteiger charge is 2.25. The van der Waals surface area contributed by atoms with Gasteiger partial charge in [0.15, 0.2) is 6.23 Å². The lowest BCUT2D eigenvalue weighted by Gasteiger charge is -2.20. The van der Waals surface area contributed by atoms with Crippen LogP contribution in [0.2, 0.25) is 0 Å². The third-order valence-corrected chi connectivity index (χ3v) is 2.96. The molecule has 0 aromatic heterocycles. The number of aliphatic imine (C=N–C) groups is 1. The number of ether oxygens (including phenoxy) is 1. The van der Waals surface area contributed by atoms with Gasteiger partial charge in [0.05, 0.1) is 19.4 Å². The summed E-state index contributed by atoms with van der Waals surface area (Å²) in [5.41, 5.74) is 5.80. The molecule has 0 saturated carbocycles. The zero-order valence-electron chi connectivity index (χ0n) is 9.31. The van der Waals surface area contributed by atoms with Gasteiger partial charge in [-0.05, 0) is 18.1 Å². The summed E-state index contributed by atoms with van der Waals surface area (Å²) in [6.07, 6.45) is 2.79. The molecule has 1 aromatic carbocycles. The largest absolute Gasteiger partial charge is 0.473 e. The number of fused-ring (bicyclic) bond motifs is 1. The zero-order valence-corrected chi connectivity index (χ0v) is 9.31. The topological polar surface area (TPSA) is 36.9 Å². The van der Waals surface area contributed by atoms with Gasteiger partial charge < -0.3 is 4.74 Å². The number of rotatable bonds is 2. The van der Waals surface area contributed by atoms with Crippen molar-refractivity contribution in [2.75, 3.05) is 13.1 Å². The third-order valence-electron chi connectivity index (χ3n) is 2.96. The summed E-state index contributed by atoms with van der Waals surface area (Å²) in [7, 11) is 0. The Morgan fingerprint density at radius 2 is 2.44 bits per heavy atom. The van der Waals surface area contributed by atoms with Gasteiger partial charge in [-0.25, -0.2) is 0 Å². The fourth-order valence-corrected chi connectivity index (χ4v) is 2.16. The molecule has 16 heavy (non-hydrogen) atoms. The van der Waals surface area contributed by atoms with E-state index < -0.39 is 0 Å². The van der Waals surface area contributed by atoms with E-state index in [1.165, 1.54) is 11.1 Å². The normalized spacial score (nSPS) is 22.3. The second-order valence-electron chi connectivity index (χ2n) is 4.22. The van der Waals surface area contributed by atoms with E-state index in [4.69, 9.17) is 4.74 Å². The highest BCUT2D eigenvalue weighted by atomic mass is 16.5. The van der Waals surface area contributed by atoms with Gasteiger partial charge in [-0.1, -0.05) is 18.2 Å². The molecular formula is C12H15N3O. The SMILES string of the molecule is Cc1cccc2c1OC(NN1C=NCC1)C2. The van der Waals surface area contributed by atoms with Gasteiger partial charge in [-0.15, -0.1) is 0 Å². The van der Waals surface area contributed by atoms with Gasteiger partial charge in [0.25, 0.3) is 0 Å². The summed E-state index contributed by atoms with van der Waals surface area (Å²) in [6, 6.07) is 6.29. The number of hydrogen-bond acceptors (Lipinski definition) is 4. The summed E-state index contributed by atoms with van der Waals surface area (Å²) >= 11 is 0. The quantitative estimate of drug-likeness (QED) is 0.806. The van der Waals surface area contributed by atoms with E-state index in [0.29, 0.717) is 0 Å². The maximum Gasteiger partial charge on any atom is 0.170 e. The van der Waals surface area contributed by atoms with Gasteiger partial charge in [0, 0.05) is 6.42 Å². The number of nitrogens with zero attached hydrogens (tertiary/aromatic N) is 2. The van der Waals surface area contributed by atoms with Crippen LogP contribution in [0.5, 0.6) is 5.75 Å². The van der Waals surface area contributed by atoms with E-state index in [9.17, 15) is 0 Å². The average Bonchev–Trinajstić information content (AvgIpc) is 2.88. The van der Waals surface area contributed by atoms with Crippen LogP contribution in [0.25, 0.3) is 0 Å². The predicted molar refractivity (Wildman–Crippen MR) is 62.5 cm³/mol. The van der Waals surface area contributed by atoms with Crippen molar-refractivity contribution in [1.82, 2.24) is 10.4 Å². The van der Waals surface area contributed by atoms with E-state index in [1.807, 2.05) is 11.3 Å². The Kier molecular flexibility index (Phi) is 2.29. The highest BCUT2D eigenvalue weighted by Crippen LogP contribution is 2.31. The molecule has 2 aliphatic rings. The molecule has 4 nitrogen and oxygen atoms in total. The van der Waals surface area contributed by atoms with Crippen LogP contribution < -0.4 is 10.2 Å². The van der Waals surface area contributed by atoms with Crippen LogP contribution >= 0.6 is 0 Å². The molecule has 0 saturated heterocycles. The van der Waals surface area contributed by atoms with Gasteiger partial charge in [0.2, 0.25) is 0 Å². The first-order chi connectivity index (χ1) is 7.83. The number of para-hydroxylation sites is 1. The van der Waals surface area contributed by atoms with E-state index >= 15 is 0 Å². The van der Waals surface area contributed by atoms with Crippen LogP contribution in [-0.4, -0.2) is 30.7 Å². The summed E-state index contributed by atoms with van der Waals surface area (Å²) in [6.45, 7) is 3.87. The van der Waals surface area contributed by atoms with Gasteiger partial charge >= 0.3 is 0 Å². The Hall–Kier alpha value is -1.55. The lowest BCUT2D eigenvalue weighted by atomic mass is 10.1. The van der Waals surface area contributed by atoms with Crippen molar-refractivity contribution in [3.8, 4) is 5.75 Å². The zero-order chi connectivity index (χ0) is 11.0. The molecule has 2 heterocycles. The van der Waals surface area contributed by atoms with Crippen LogP contribution in [0, 0.1) is 6.92 Å². The molecule has 0 bridgehead atoms. The van der Waals surface area contributed by atoms with Crippen molar-refractivity contribution >= 4 is 6.34 Å². The molecule has 0 radical (unpaired) electrons. The number of hydrogen-bond donors (Lipinski definition) is 1. The number of benzene rings is 1. The van der Waals surface area contributed by atoms with E-state index in [-0.39, 0.29) is 6.23 Å². The maximum absolute atomic E-state index is 5.89. The van der Waals surface area contributed by atoms with Crippen molar-refractivity contribution in [3.63, 3.8) is 0 Å². The van der Waals surface area contributed by atoms with Crippen LogP contribution in [0.3, 0.4) is 0 Å². The van der Waals surface area contributed by atoms with Crippen LogP contribution in [0.4, 0.5) is 0 Å². The van der Waals surface area contributed by atoms with Crippen molar-refractivity contribution in [2.45, 2.75) is 19.6 Å². The first-order valence-electron chi connectivity index (χ1n) is 5.61. The molecule has 1 unspecified atom stereocenters. The van der Waals surface area contributed by atoms with Crippen molar-refractivity contribution in [3.05, 3.63) is 29.3 Å². The molecule has 1 atom stereocenters. The van der Waals surface area contributed by atoms with E-state index in [2.05, 4.69) is 35.5 Å². The first-order valence-corrected chi connectivity index (χ1v) is 5.61. The smallest absolute Gasteiger partial charge is 0.170 e. The minimum Gasteiger partial charge on any atom is -0.473 e. The highest BCUT2D eigenvalue weighted by molar-refractivity contribution is 5.56. The molecule has 0 fully saturated rings. The minimum atomic E-state index is 0.0423. The Morgan fingerprint density at radius 1 is 1.50 bits per heavy atom. The third kappa shape index (κ3) is 1.65. The monoisotopic (exact) mass is 217 g/mol. The Balaban J connectivity index is 1.70. The minimum absolute atomic E-state index is 0.0423. The molecule has 84 valence electrons. The fourth-order valence-electron chi connectivity index (χ4n) is 2.16. The predicted octanol–water partition coefficient (Wildman–Crippen LogP) is 1.10. The molecule has 1 aromatic rings. The number of nitrogens with one attached hydrogen (secondary N) is 1. The molecule has 0 amide bonds.